The first-order chi connectivity index (χ1) is 15.5. The summed E-state index contributed by atoms with van der Waals surface area (Å²) in [5, 5.41) is 1.07. The lowest BCUT2D eigenvalue weighted by atomic mass is 10.0. The zero-order valence-electron chi connectivity index (χ0n) is 17.6. The Bertz CT molecular complexity index is 1190. The van der Waals surface area contributed by atoms with Gasteiger partial charge in [0.15, 0.2) is 0 Å². The van der Waals surface area contributed by atoms with Crippen molar-refractivity contribution in [2.24, 2.45) is 4.99 Å². The number of methoxy groups -OCH3 is 1. The van der Waals surface area contributed by atoms with Crippen molar-refractivity contribution in [2.75, 3.05) is 25.1 Å². The number of ether oxygens (including phenoxy) is 1. The summed E-state index contributed by atoms with van der Waals surface area (Å²) in [5.41, 5.74) is 5.75. The molecule has 0 saturated heterocycles. The second-order valence-electron chi connectivity index (χ2n) is 7.40. The van der Waals surface area contributed by atoms with Crippen molar-refractivity contribution in [3.63, 3.8) is 0 Å². The smallest absolute Gasteiger partial charge is 0.337 e. The molecule has 0 aliphatic carbocycles. The van der Waals surface area contributed by atoms with Gasteiger partial charge in [0, 0.05) is 24.3 Å². The van der Waals surface area contributed by atoms with Gasteiger partial charge < -0.3 is 9.64 Å². The Kier molecular flexibility index (Phi) is 6.93. The van der Waals surface area contributed by atoms with Crippen LogP contribution in [0.1, 0.15) is 27.0 Å². The van der Waals surface area contributed by atoms with Crippen LogP contribution in [-0.2, 0) is 11.3 Å². The van der Waals surface area contributed by atoms with Crippen LogP contribution in [0.25, 0.3) is 6.08 Å². The summed E-state index contributed by atoms with van der Waals surface area (Å²) in [4.78, 5) is 18.8. The Morgan fingerprint density at radius 3 is 2.56 bits per heavy atom. The number of hydrogen-bond donors (Lipinski definition) is 0. The van der Waals surface area contributed by atoms with Gasteiger partial charge in [-0.15, -0.1) is 0 Å². The van der Waals surface area contributed by atoms with Crippen LogP contribution in [0.3, 0.4) is 0 Å². The van der Waals surface area contributed by atoms with E-state index in [1.165, 1.54) is 7.11 Å². The van der Waals surface area contributed by atoms with Gasteiger partial charge in [-0.3, -0.25) is 4.99 Å². The van der Waals surface area contributed by atoms with Gasteiger partial charge in [-0.1, -0.05) is 65.7 Å². The van der Waals surface area contributed by atoms with Crippen LogP contribution >= 0.6 is 23.2 Å². The predicted octanol–water partition coefficient (Wildman–Crippen LogP) is 6.30. The highest BCUT2D eigenvalue weighted by Crippen LogP contribution is 2.27. The van der Waals surface area contributed by atoms with Gasteiger partial charge in [0.25, 0.3) is 0 Å². The molecule has 0 N–H and O–H groups in total. The van der Waals surface area contributed by atoms with Crippen LogP contribution in [0.15, 0.2) is 77.8 Å². The van der Waals surface area contributed by atoms with Gasteiger partial charge >= 0.3 is 5.97 Å². The largest absolute Gasteiger partial charge is 0.465 e. The van der Waals surface area contributed by atoms with Gasteiger partial charge in [-0.2, -0.15) is 0 Å². The summed E-state index contributed by atoms with van der Waals surface area (Å²) < 4.78 is 4.78. The van der Waals surface area contributed by atoms with Crippen molar-refractivity contribution in [2.45, 2.75) is 6.54 Å². The minimum absolute atomic E-state index is 0.330. The average Bonchev–Trinajstić information content (AvgIpc) is 2.99. The Hall–Kier alpha value is -3.08. The van der Waals surface area contributed by atoms with Gasteiger partial charge in [-0.25, -0.2) is 4.79 Å². The Labute approximate surface area is 197 Å². The highest BCUT2D eigenvalue weighted by molar-refractivity contribution is 6.42. The van der Waals surface area contributed by atoms with E-state index in [4.69, 9.17) is 32.9 Å². The summed E-state index contributed by atoms with van der Waals surface area (Å²) in [6.45, 7) is 2.19. The molecule has 0 radical (unpaired) electrons. The zero-order chi connectivity index (χ0) is 22.5. The van der Waals surface area contributed by atoms with Crippen molar-refractivity contribution in [1.29, 1.82) is 0 Å². The fourth-order valence-electron chi connectivity index (χ4n) is 3.65. The molecule has 32 heavy (non-hydrogen) atoms. The molecule has 3 aromatic carbocycles. The number of fused-ring (bicyclic) bond motifs is 1. The van der Waals surface area contributed by atoms with E-state index in [0.717, 1.165) is 41.2 Å². The van der Waals surface area contributed by atoms with Crippen molar-refractivity contribution in [3.05, 3.63) is 105 Å². The number of carbonyl (C=O) groups excluding carboxylic acids is 1. The predicted molar refractivity (Wildman–Crippen MR) is 132 cm³/mol. The number of aliphatic imine (C=N–C) groups is 1. The van der Waals surface area contributed by atoms with E-state index < -0.39 is 0 Å². The molecule has 6 heteroatoms. The van der Waals surface area contributed by atoms with E-state index in [-0.39, 0.29) is 5.97 Å². The molecule has 0 spiro atoms. The van der Waals surface area contributed by atoms with Crippen molar-refractivity contribution in [1.82, 2.24) is 0 Å². The quantitative estimate of drug-likeness (QED) is 0.415. The molecular formula is C26H22Cl2N2O2. The van der Waals surface area contributed by atoms with E-state index in [2.05, 4.69) is 17.0 Å². The minimum Gasteiger partial charge on any atom is -0.465 e. The van der Waals surface area contributed by atoms with Crippen LogP contribution < -0.4 is 4.90 Å². The molecule has 4 rings (SSSR count). The first-order valence-corrected chi connectivity index (χ1v) is 11.0. The zero-order valence-corrected chi connectivity index (χ0v) is 19.1. The third-order valence-electron chi connectivity index (χ3n) is 5.30. The minimum atomic E-state index is -0.330. The Morgan fingerprint density at radius 2 is 1.81 bits per heavy atom. The molecule has 3 aromatic rings. The summed E-state index contributed by atoms with van der Waals surface area (Å²) in [7, 11) is 1.39. The summed E-state index contributed by atoms with van der Waals surface area (Å²) in [6.07, 6.45) is 4.02. The molecule has 0 atom stereocenters. The maximum Gasteiger partial charge on any atom is 0.337 e. The Morgan fingerprint density at radius 1 is 1.03 bits per heavy atom. The molecule has 0 unspecified atom stereocenters. The first kappa shape index (κ1) is 22.1. The van der Waals surface area contributed by atoms with Crippen LogP contribution in [0.5, 0.6) is 0 Å². The summed E-state index contributed by atoms with van der Waals surface area (Å²) in [5.74, 6) is -0.330. The fourth-order valence-corrected chi connectivity index (χ4v) is 3.95. The SMILES string of the molecule is COC(=O)c1ccc(CN2CCN=C(C=Cc3ccc(Cl)c(Cl)c3)c3ccccc32)cc1. The molecule has 4 nitrogen and oxygen atoms in total. The number of nitrogens with zero attached hydrogens (tertiary/aromatic N) is 2. The van der Waals surface area contributed by atoms with Gasteiger partial charge in [0.2, 0.25) is 0 Å². The van der Waals surface area contributed by atoms with Gasteiger partial charge in [0.05, 0.1) is 35.0 Å². The summed E-state index contributed by atoms with van der Waals surface area (Å²) in [6, 6.07) is 21.4. The highest BCUT2D eigenvalue weighted by atomic mass is 35.5. The number of carbonyl (C=O) groups is 1. The molecule has 1 aliphatic heterocycles. The number of anilines is 1. The van der Waals surface area contributed by atoms with Crippen molar-refractivity contribution < 1.29 is 9.53 Å². The van der Waals surface area contributed by atoms with E-state index in [0.29, 0.717) is 22.2 Å². The number of para-hydroxylation sites is 1. The van der Waals surface area contributed by atoms with Crippen molar-refractivity contribution in [3.8, 4) is 0 Å². The number of benzene rings is 3. The number of benzodiazepines with no additional fused rings is 1. The molecule has 162 valence electrons. The number of esters is 1. The molecular weight excluding hydrogens is 443 g/mol. The average molecular weight is 465 g/mol. The molecule has 1 heterocycles. The second kappa shape index (κ2) is 10.0. The number of rotatable bonds is 5. The van der Waals surface area contributed by atoms with E-state index >= 15 is 0 Å². The molecule has 0 saturated carbocycles. The van der Waals surface area contributed by atoms with Gasteiger partial charge in [-0.05, 0) is 47.5 Å². The second-order valence-corrected chi connectivity index (χ2v) is 8.22. The van der Waals surface area contributed by atoms with Crippen LogP contribution in [0.4, 0.5) is 5.69 Å². The molecule has 0 fully saturated rings. The fraction of sp³-hybridized carbons (Fsp3) is 0.154. The van der Waals surface area contributed by atoms with Crippen LogP contribution in [-0.4, -0.2) is 31.9 Å². The molecule has 0 amide bonds. The molecule has 0 bridgehead atoms. The maximum absolute atomic E-state index is 11.7. The molecule has 1 aliphatic rings. The number of hydrogen-bond acceptors (Lipinski definition) is 4. The number of allylic oxidation sites excluding steroid dienone is 1. The Balaban J connectivity index is 1.57. The van der Waals surface area contributed by atoms with E-state index in [1.807, 2.05) is 48.6 Å². The van der Waals surface area contributed by atoms with E-state index in [9.17, 15) is 4.79 Å². The monoisotopic (exact) mass is 464 g/mol. The lowest BCUT2D eigenvalue weighted by molar-refractivity contribution is 0.0600. The number of halogens is 2. The molecule has 0 aromatic heterocycles. The normalized spacial score (nSPS) is 13.5. The standard InChI is InChI=1S/C26H22Cl2N2O2/c1-32-26(31)20-10-6-19(7-11-20)17-30-15-14-29-24(21-4-2-3-5-25(21)30)13-9-18-8-12-22(27)23(28)16-18/h2-13,16H,14-15,17H2,1H3. The third kappa shape index (κ3) is 5.04. The summed E-state index contributed by atoms with van der Waals surface area (Å²) >= 11 is 12.2. The maximum atomic E-state index is 11.7. The van der Waals surface area contributed by atoms with Gasteiger partial charge in [0.1, 0.15) is 0 Å². The first-order valence-electron chi connectivity index (χ1n) is 10.2. The topological polar surface area (TPSA) is 41.9 Å². The lowest BCUT2D eigenvalue weighted by Gasteiger charge is -2.25. The third-order valence-corrected chi connectivity index (χ3v) is 6.04. The van der Waals surface area contributed by atoms with Crippen LogP contribution in [0.2, 0.25) is 10.0 Å². The van der Waals surface area contributed by atoms with E-state index in [1.54, 1.807) is 18.2 Å². The lowest BCUT2D eigenvalue weighted by Crippen LogP contribution is -2.25. The van der Waals surface area contributed by atoms with Crippen LogP contribution in [0, 0.1) is 0 Å². The van der Waals surface area contributed by atoms with Crippen molar-refractivity contribution >= 4 is 46.6 Å². The highest BCUT2D eigenvalue weighted by Gasteiger charge is 2.17.